The van der Waals surface area contributed by atoms with E-state index in [0.29, 0.717) is 11.7 Å². The number of carbonyl (C=O) groups is 1. The third-order valence-corrected chi connectivity index (χ3v) is 7.89. The average Bonchev–Trinajstić information content (AvgIpc) is 3.09. The van der Waals surface area contributed by atoms with Gasteiger partial charge in [0.2, 0.25) is 5.91 Å². The van der Waals surface area contributed by atoms with E-state index in [4.69, 9.17) is 0 Å². The van der Waals surface area contributed by atoms with E-state index in [-0.39, 0.29) is 17.2 Å². The molecule has 0 aromatic rings. The summed E-state index contributed by atoms with van der Waals surface area (Å²) >= 11 is 3.72. The molecule has 3 fully saturated rings. The molecule has 3 heterocycles. The minimum atomic E-state index is -0.487. The van der Waals surface area contributed by atoms with Crippen LogP contribution in [0.25, 0.3) is 0 Å². The fourth-order valence-electron chi connectivity index (χ4n) is 3.60. The molecule has 4 nitrogen and oxygen atoms in total. The Morgan fingerprint density at radius 2 is 2.27 bits per heavy atom. The molecule has 1 saturated carbocycles. The summed E-state index contributed by atoms with van der Waals surface area (Å²) in [5.74, 6) is 0.878. The molecule has 4 aliphatic rings. The second kappa shape index (κ2) is 6.04. The maximum Gasteiger partial charge on any atom is 0.236 e. The van der Waals surface area contributed by atoms with Crippen molar-refractivity contribution in [3.63, 3.8) is 0 Å². The summed E-state index contributed by atoms with van der Waals surface area (Å²) < 4.78 is 1.27. The van der Waals surface area contributed by atoms with Crippen LogP contribution in [0.5, 0.6) is 0 Å². The van der Waals surface area contributed by atoms with E-state index in [0.717, 1.165) is 5.92 Å². The van der Waals surface area contributed by atoms with Crippen molar-refractivity contribution in [2.24, 2.45) is 11.8 Å². The van der Waals surface area contributed by atoms with Crippen LogP contribution in [0.3, 0.4) is 0 Å². The van der Waals surface area contributed by atoms with E-state index >= 15 is 0 Å². The molecule has 0 aromatic heterocycles. The van der Waals surface area contributed by atoms with Gasteiger partial charge in [0.05, 0.1) is 16.3 Å². The molecule has 4 atom stereocenters. The number of β-lactam (4-membered cyclic amide) rings is 1. The molecule has 122 valence electrons. The normalized spacial score (nSPS) is 36.3. The summed E-state index contributed by atoms with van der Waals surface area (Å²) in [5.41, 5.74) is 0. The number of aliphatic hydroxyl groups is 1. The van der Waals surface area contributed by atoms with Gasteiger partial charge in [0.1, 0.15) is 5.37 Å². The van der Waals surface area contributed by atoms with Gasteiger partial charge in [-0.3, -0.25) is 4.79 Å². The Kier molecular flexibility index (Phi) is 4.22. The number of amides is 1. The monoisotopic (exact) mass is 340 g/mol. The Hall–Kier alpha value is -0.170. The first kappa shape index (κ1) is 15.4. The first-order valence-electron chi connectivity index (χ1n) is 8.43. The highest BCUT2D eigenvalue weighted by molar-refractivity contribution is 8.23. The lowest BCUT2D eigenvalue weighted by Gasteiger charge is -2.42. The lowest BCUT2D eigenvalue weighted by Crippen LogP contribution is -2.59. The fourth-order valence-corrected chi connectivity index (χ4v) is 6.67. The Bertz CT molecular complexity index is 495. The molecule has 0 bridgehead atoms. The molecule has 3 aliphatic heterocycles. The molecule has 0 spiro atoms. The van der Waals surface area contributed by atoms with Gasteiger partial charge in [0, 0.05) is 24.5 Å². The zero-order valence-corrected chi connectivity index (χ0v) is 14.6. The molecule has 1 aliphatic carbocycles. The number of hydrogen-bond acceptors (Lipinski definition) is 5. The number of likely N-dealkylation sites (tertiary alicyclic amines) is 1. The van der Waals surface area contributed by atoms with Crippen LogP contribution in [0.2, 0.25) is 0 Å². The topological polar surface area (TPSA) is 43.8 Å². The molecule has 4 rings (SSSR count). The van der Waals surface area contributed by atoms with Gasteiger partial charge < -0.3 is 14.9 Å². The molecule has 6 heteroatoms. The van der Waals surface area contributed by atoms with Gasteiger partial charge in [-0.15, -0.1) is 11.8 Å². The van der Waals surface area contributed by atoms with Crippen LogP contribution >= 0.6 is 23.5 Å². The van der Waals surface area contributed by atoms with Gasteiger partial charge in [-0.05, 0) is 38.1 Å². The summed E-state index contributed by atoms with van der Waals surface area (Å²) in [4.78, 5) is 16.5. The predicted molar refractivity (Wildman–Crippen MR) is 91.3 cm³/mol. The number of aliphatic hydroxyl groups excluding tert-OH is 1. The molecule has 1 N–H and O–H groups in total. The van der Waals surface area contributed by atoms with Gasteiger partial charge in [0.15, 0.2) is 0 Å². The molecular weight excluding hydrogens is 316 g/mol. The number of hydrogen-bond donors (Lipinski definition) is 1. The maximum atomic E-state index is 12.1. The number of thioether (sulfide) groups is 2. The summed E-state index contributed by atoms with van der Waals surface area (Å²) in [6.07, 6.45) is 6.30. The van der Waals surface area contributed by atoms with Gasteiger partial charge in [-0.2, -0.15) is 0 Å². The molecule has 22 heavy (non-hydrogen) atoms. The first-order valence-corrected chi connectivity index (χ1v) is 10.2. The summed E-state index contributed by atoms with van der Waals surface area (Å²) in [6.45, 7) is 5.66. The van der Waals surface area contributed by atoms with Gasteiger partial charge >= 0.3 is 0 Å². The van der Waals surface area contributed by atoms with Crippen molar-refractivity contribution in [2.45, 2.75) is 49.3 Å². The van der Waals surface area contributed by atoms with Crippen molar-refractivity contribution in [1.82, 2.24) is 9.80 Å². The van der Waals surface area contributed by atoms with E-state index in [1.54, 1.807) is 11.8 Å². The van der Waals surface area contributed by atoms with Crippen LogP contribution in [0, 0.1) is 11.8 Å². The van der Waals surface area contributed by atoms with Gasteiger partial charge in [-0.1, -0.05) is 18.7 Å². The number of fused-ring (bicyclic) bond motifs is 1. The lowest BCUT2D eigenvalue weighted by molar-refractivity contribution is -0.152. The largest absolute Gasteiger partial charge is 0.392 e. The van der Waals surface area contributed by atoms with Crippen molar-refractivity contribution < 1.29 is 9.90 Å². The number of rotatable bonds is 6. The zero-order chi connectivity index (χ0) is 15.3. The van der Waals surface area contributed by atoms with Crippen LogP contribution in [0.4, 0.5) is 0 Å². The standard InChI is InChI=1S/C16H24N2O2S2/c1-2-12(19)14-15(20)18-9-13(22-16(14)18)21-11-5-6-17(8-11)7-10-3-4-10/h9-12,14,16,19H,2-8H2,1H3/t11?,12-,14+,16+/m0/s1. The van der Waals surface area contributed by atoms with Crippen molar-refractivity contribution >= 4 is 29.4 Å². The van der Waals surface area contributed by atoms with E-state index in [9.17, 15) is 9.90 Å². The minimum Gasteiger partial charge on any atom is -0.392 e. The van der Waals surface area contributed by atoms with Crippen molar-refractivity contribution in [3.05, 3.63) is 10.4 Å². The molecule has 0 aromatic carbocycles. The predicted octanol–water partition coefficient (Wildman–Crippen LogP) is 2.31. The van der Waals surface area contributed by atoms with Crippen molar-refractivity contribution in [3.8, 4) is 0 Å². The maximum absolute atomic E-state index is 12.1. The molecule has 1 amide bonds. The third kappa shape index (κ3) is 2.83. The molecular formula is C16H24N2O2S2. The quantitative estimate of drug-likeness (QED) is 0.752. The van der Waals surface area contributed by atoms with Crippen LogP contribution in [-0.2, 0) is 4.79 Å². The minimum absolute atomic E-state index is 0.101. The fraction of sp³-hybridized carbons (Fsp3) is 0.812. The number of carbonyl (C=O) groups excluding carboxylic acids is 1. The zero-order valence-electron chi connectivity index (χ0n) is 13.0. The van der Waals surface area contributed by atoms with Crippen LogP contribution in [-0.4, -0.2) is 57.2 Å². The van der Waals surface area contributed by atoms with Crippen LogP contribution in [0.15, 0.2) is 10.4 Å². The van der Waals surface area contributed by atoms with E-state index in [2.05, 4.69) is 4.90 Å². The van der Waals surface area contributed by atoms with Crippen molar-refractivity contribution in [2.75, 3.05) is 19.6 Å². The highest BCUT2D eigenvalue weighted by Gasteiger charge is 2.53. The smallest absolute Gasteiger partial charge is 0.236 e. The summed E-state index contributed by atoms with van der Waals surface area (Å²) in [5, 5.41) is 10.8. The van der Waals surface area contributed by atoms with Crippen LogP contribution < -0.4 is 0 Å². The first-order chi connectivity index (χ1) is 10.7. The second-order valence-electron chi connectivity index (χ2n) is 6.93. The van der Waals surface area contributed by atoms with E-state index in [1.165, 1.54) is 43.1 Å². The Labute approximate surface area is 140 Å². The highest BCUT2D eigenvalue weighted by Crippen LogP contribution is 2.51. The number of nitrogens with zero attached hydrogens (tertiary/aromatic N) is 2. The molecule has 2 saturated heterocycles. The summed E-state index contributed by atoms with van der Waals surface area (Å²) in [6, 6.07) is 0. The highest BCUT2D eigenvalue weighted by atomic mass is 32.2. The van der Waals surface area contributed by atoms with E-state index in [1.807, 2.05) is 29.8 Å². The van der Waals surface area contributed by atoms with Gasteiger partial charge in [-0.25, -0.2) is 0 Å². The Morgan fingerprint density at radius 3 is 3.00 bits per heavy atom. The molecule has 0 radical (unpaired) electrons. The second-order valence-corrected chi connectivity index (χ2v) is 9.69. The van der Waals surface area contributed by atoms with Crippen molar-refractivity contribution in [1.29, 1.82) is 0 Å². The van der Waals surface area contributed by atoms with E-state index < -0.39 is 6.10 Å². The SMILES string of the molecule is CC[C@H](O)[C@@H]1C(=O)N2C=C(SC3CCN(CC4CC4)C3)S[C@H]12. The average molecular weight is 341 g/mol. The van der Waals surface area contributed by atoms with Crippen LogP contribution in [0.1, 0.15) is 32.6 Å². The lowest BCUT2D eigenvalue weighted by atomic mass is 9.91. The van der Waals surface area contributed by atoms with Gasteiger partial charge in [0.25, 0.3) is 0 Å². The summed E-state index contributed by atoms with van der Waals surface area (Å²) in [7, 11) is 0. The Balaban J connectivity index is 1.29. The Morgan fingerprint density at radius 1 is 1.45 bits per heavy atom. The third-order valence-electron chi connectivity index (χ3n) is 5.16. The molecule has 1 unspecified atom stereocenters.